The highest BCUT2D eigenvalue weighted by Gasteiger charge is 2.20. The van der Waals surface area contributed by atoms with Gasteiger partial charge in [0.2, 0.25) is 0 Å². The third kappa shape index (κ3) is 2.85. The fourth-order valence-corrected chi connectivity index (χ4v) is 2.59. The minimum Gasteiger partial charge on any atom is -0.309 e. The second-order valence-corrected chi connectivity index (χ2v) is 5.76. The molecule has 0 aliphatic carbocycles. The van der Waals surface area contributed by atoms with Crippen molar-refractivity contribution in [1.29, 1.82) is 0 Å². The smallest absolute Gasteiger partial charge is 0.127 e. The van der Waals surface area contributed by atoms with E-state index in [1.165, 1.54) is 11.3 Å². The number of amidine groups is 1. The van der Waals surface area contributed by atoms with Crippen LogP contribution in [0, 0.1) is 0 Å². The van der Waals surface area contributed by atoms with Gasteiger partial charge in [-0.15, -0.1) is 0 Å². The van der Waals surface area contributed by atoms with Crippen molar-refractivity contribution in [2.75, 3.05) is 11.6 Å². The fraction of sp³-hybridized carbons (Fsp3) is 0.188. The van der Waals surface area contributed by atoms with Crippen LogP contribution in [0.25, 0.3) is 0 Å². The molecule has 2 aromatic rings. The van der Waals surface area contributed by atoms with Crippen LogP contribution in [0.15, 0.2) is 64.2 Å². The minimum atomic E-state index is 0.794. The molecule has 0 amide bonds. The number of rotatable bonds is 3. The van der Waals surface area contributed by atoms with E-state index in [1.54, 1.807) is 0 Å². The van der Waals surface area contributed by atoms with Crippen LogP contribution in [0.5, 0.6) is 0 Å². The molecule has 0 radical (unpaired) electrons. The Bertz CT molecular complexity index is 607. The van der Waals surface area contributed by atoms with Gasteiger partial charge in [0, 0.05) is 10.2 Å². The molecule has 1 heterocycles. The zero-order chi connectivity index (χ0) is 13.9. The first-order valence-electron chi connectivity index (χ1n) is 6.59. The molecule has 1 aliphatic heterocycles. The number of hydrazone groups is 1. The Morgan fingerprint density at radius 2 is 1.75 bits per heavy atom. The van der Waals surface area contributed by atoms with E-state index in [0.717, 1.165) is 23.5 Å². The average Bonchev–Trinajstić information content (AvgIpc) is 2.81. The lowest BCUT2D eigenvalue weighted by atomic mass is 10.2. The zero-order valence-electron chi connectivity index (χ0n) is 11.3. The maximum Gasteiger partial charge on any atom is 0.127 e. The zero-order valence-corrected chi connectivity index (χ0v) is 12.9. The molecule has 2 aromatic carbocycles. The molecule has 0 unspecified atom stereocenters. The molecule has 102 valence electrons. The van der Waals surface area contributed by atoms with Gasteiger partial charge in [0.1, 0.15) is 12.5 Å². The Kier molecular flexibility index (Phi) is 3.74. The van der Waals surface area contributed by atoms with Crippen LogP contribution < -0.4 is 4.90 Å². The largest absolute Gasteiger partial charge is 0.309 e. The highest BCUT2D eigenvalue weighted by Crippen LogP contribution is 2.23. The average molecular weight is 330 g/mol. The molecule has 0 saturated carbocycles. The predicted octanol–water partition coefficient (Wildman–Crippen LogP) is 4.06. The van der Waals surface area contributed by atoms with E-state index < -0.39 is 0 Å². The summed E-state index contributed by atoms with van der Waals surface area (Å²) in [6, 6.07) is 18.8. The molecule has 4 heteroatoms. The first-order valence-corrected chi connectivity index (χ1v) is 7.39. The summed E-state index contributed by atoms with van der Waals surface area (Å²) >= 11 is 3.47. The molecular weight excluding hydrogens is 314 g/mol. The van der Waals surface area contributed by atoms with Crippen LogP contribution in [0.2, 0.25) is 0 Å². The van der Waals surface area contributed by atoms with Crippen LogP contribution in [0.4, 0.5) is 5.69 Å². The van der Waals surface area contributed by atoms with E-state index in [0.29, 0.717) is 0 Å². The Balaban J connectivity index is 1.72. The van der Waals surface area contributed by atoms with Gasteiger partial charge in [0.25, 0.3) is 0 Å². The summed E-state index contributed by atoms with van der Waals surface area (Å²) in [7, 11) is 0. The monoisotopic (exact) mass is 329 g/mol. The van der Waals surface area contributed by atoms with Crippen molar-refractivity contribution >= 4 is 27.5 Å². The van der Waals surface area contributed by atoms with Crippen LogP contribution >= 0.6 is 15.9 Å². The van der Waals surface area contributed by atoms with Crippen molar-refractivity contribution in [3.63, 3.8) is 0 Å². The summed E-state index contributed by atoms with van der Waals surface area (Å²) in [6.45, 7) is 3.68. The number of nitrogens with zero attached hydrogens (tertiary/aromatic N) is 3. The van der Waals surface area contributed by atoms with E-state index in [9.17, 15) is 0 Å². The van der Waals surface area contributed by atoms with E-state index in [1.807, 2.05) is 13.0 Å². The first-order chi connectivity index (χ1) is 9.72. The summed E-state index contributed by atoms with van der Waals surface area (Å²) in [5.74, 6) is 1.03. The second kappa shape index (κ2) is 5.67. The molecule has 3 nitrogen and oxygen atoms in total. The lowest BCUT2D eigenvalue weighted by Crippen LogP contribution is -2.29. The topological polar surface area (TPSA) is 18.8 Å². The molecule has 0 atom stereocenters. The Labute approximate surface area is 127 Å². The Morgan fingerprint density at radius 1 is 1.05 bits per heavy atom. The molecule has 0 fully saturated rings. The van der Waals surface area contributed by atoms with Gasteiger partial charge < -0.3 is 4.90 Å². The van der Waals surface area contributed by atoms with Gasteiger partial charge in [-0.25, -0.2) is 0 Å². The Hall–Kier alpha value is -1.81. The summed E-state index contributed by atoms with van der Waals surface area (Å²) in [4.78, 5) is 2.22. The SMILES string of the molecule is CC1=NN(Cc2ccccc2)CN1c1ccc(Br)cc1. The van der Waals surface area contributed by atoms with Gasteiger partial charge in [-0.3, -0.25) is 5.01 Å². The summed E-state index contributed by atoms with van der Waals surface area (Å²) in [5, 5.41) is 6.72. The van der Waals surface area contributed by atoms with Crippen molar-refractivity contribution in [2.24, 2.45) is 5.10 Å². The van der Waals surface area contributed by atoms with Crippen LogP contribution in [-0.4, -0.2) is 17.5 Å². The highest BCUT2D eigenvalue weighted by molar-refractivity contribution is 9.10. The molecule has 0 N–H and O–H groups in total. The van der Waals surface area contributed by atoms with E-state index in [-0.39, 0.29) is 0 Å². The van der Waals surface area contributed by atoms with Gasteiger partial charge in [0.05, 0.1) is 6.54 Å². The van der Waals surface area contributed by atoms with E-state index in [4.69, 9.17) is 0 Å². The third-order valence-corrected chi connectivity index (χ3v) is 3.86. The summed E-state index contributed by atoms with van der Waals surface area (Å²) in [6.07, 6.45) is 0. The number of benzene rings is 2. The standard InChI is InChI=1S/C16H16BrN3/c1-13-18-19(11-14-5-3-2-4-6-14)12-20(13)16-9-7-15(17)8-10-16/h2-10H,11-12H2,1H3. The van der Waals surface area contributed by atoms with Gasteiger partial charge in [-0.2, -0.15) is 5.10 Å². The second-order valence-electron chi connectivity index (χ2n) is 4.84. The highest BCUT2D eigenvalue weighted by atomic mass is 79.9. The van der Waals surface area contributed by atoms with Crippen LogP contribution in [-0.2, 0) is 6.54 Å². The van der Waals surface area contributed by atoms with Crippen molar-refractivity contribution in [3.05, 3.63) is 64.6 Å². The van der Waals surface area contributed by atoms with Crippen molar-refractivity contribution in [1.82, 2.24) is 5.01 Å². The molecule has 0 bridgehead atoms. The molecule has 0 saturated heterocycles. The normalized spacial score (nSPS) is 14.6. The number of hydrogen-bond acceptors (Lipinski definition) is 3. The van der Waals surface area contributed by atoms with Crippen LogP contribution in [0.3, 0.4) is 0 Å². The Morgan fingerprint density at radius 3 is 2.45 bits per heavy atom. The van der Waals surface area contributed by atoms with Crippen molar-refractivity contribution in [2.45, 2.75) is 13.5 Å². The number of hydrogen-bond donors (Lipinski definition) is 0. The quantitative estimate of drug-likeness (QED) is 0.845. The molecule has 20 heavy (non-hydrogen) atoms. The fourth-order valence-electron chi connectivity index (χ4n) is 2.32. The van der Waals surface area contributed by atoms with Gasteiger partial charge >= 0.3 is 0 Å². The first kappa shape index (κ1) is 13.2. The van der Waals surface area contributed by atoms with E-state index in [2.05, 4.69) is 79.5 Å². The van der Waals surface area contributed by atoms with Crippen molar-refractivity contribution < 1.29 is 0 Å². The van der Waals surface area contributed by atoms with Crippen molar-refractivity contribution in [3.8, 4) is 0 Å². The summed E-state index contributed by atoms with van der Waals surface area (Å²) < 4.78 is 1.09. The maximum atomic E-state index is 4.63. The van der Waals surface area contributed by atoms with Crippen LogP contribution in [0.1, 0.15) is 12.5 Å². The predicted molar refractivity (Wildman–Crippen MR) is 86.6 cm³/mol. The lowest BCUT2D eigenvalue weighted by Gasteiger charge is -2.20. The number of anilines is 1. The summed E-state index contributed by atoms with van der Waals surface area (Å²) in [5.41, 5.74) is 2.45. The van der Waals surface area contributed by atoms with Gasteiger partial charge in [-0.1, -0.05) is 46.3 Å². The molecule has 1 aliphatic rings. The number of halogens is 1. The molecule has 0 aromatic heterocycles. The third-order valence-electron chi connectivity index (χ3n) is 3.33. The maximum absolute atomic E-state index is 4.63. The van der Waals surface area contributed by atoms with E-state index >= 15 is 0 Å². The van der Waals surface area contributed by atoms with Gasteiger partial charge in [-0.05, 0) is 36.8 Å². The molecule has 0 spiro atoms. The molecular formula is C16H16BrN3. The minimum absolute atomic E-state index is 0.794. The lowest BCUT2D eigenvalue weighted by molar-refractivity contribution is 0.310. The molecule has 3 rings (SSSR count). The van der Waals surface area contributed by atoms with Gasteiger partial charge in [0.15, 0.2) is 0 Å².